The van der Waals surface area contributed by atoms with Crippen molar-refractivity contribution in [3.05, 3.63) is 28.4 Å². The van der Waals surface area contributed by atoms with Gasteiger partial charge in [-0.05, 0) is 18.9 Å². The van der Waals surface area contributed by atoms with Crippen molar-refractivity contribution in [2.45, 2.75) is 42.4 Å². The number of sulfone groups is 1. The monoisotopic (exact) mass is 270 g/mol. The zero-order valence-electron chi connectivity index (χ0n) is 9.78. The predicted octanol–water partition coefficient (Wildman–Crippen LogP) is 2.10. The van der Waals surface area contributed by atoms with Crippen LogP contribution < -0.4 is 0 Å². The van der Waals surface area contributed by atoms with Gasteiger partial charge >= 0.3 is 0 Å². The van der Waals surface area contributed by atoms with E-state index < -0.39 is 14.8 Å². The Kier molecular flexibility index (Phi) is 3.60. The van der Waals surface area contributed by atoms with Crippen LogP contribution in [0.4, 0.5) is 5.69 Å². The highest BCUT2D eigenvalue weighted by Crippen LogP contribution is 2.28. The highest BCUT2D eigenvalue weighted by Gasteiger charge is 2.30. The van der Waals surface area contributed by atoms with Crippen LogP contribution in [0.15, 0.2) is 23.4 Å². The number of pyridine rings is 1. The maximum absolute atomic E-state index is 12.2. The number of rotatable bonds is 3. The van der Waals surface area contributed by atoms with Crippen molar-refractivity contribution in [1.82, 2.24) is 4.98 Å². The van der Waals surface area contributed by atoms with Crippen molar-refractivity contribution in [3.8, 4) is 0 Å². The standard InChI is InChI=1S/C11H14N2O4S/c14-13(15)9-6-7-11(12-8-9)18(16,17)10-4-2-1-3-5-10/h6-8,10H,1-5H2. The first-order valence-electron chi connectivity index (χ1n) is 5.86. The van der Waals surface area contributed by atoms with Crippen LogP contribution in [0.3, 0.4) is 0 Å². The van der Waals surface area contributed by atoms with Gasteiger partial charge in [0.2, 0.25) is 0 Å². The molecule has 0 aromatic carbocycles. The van der Waals surface area contributed by atoms with Crippen LogP contribution in [-0.4, -0.2) is 23.6 Å². The van der Waals surface area contributed by atoms with Gasteiger partial charge in [-0.2, -0.15) is 0 Å². The quantitative estimate of drug-likeness (QED) is 0.619. The van der Waals surface area contributed by atoms with Crippen molar-refractivity contribution < 1.29 is 13.3 Å². The summed E-state index contributed by atoms with van der Waals surface area (Å²) < 4.78 is 24.5. The normalized spacial score (nSPS) is 17.6. The van der Waals surface area contributed by atoms with E-state index in [1.54, 1.807) is 0 Å². The Balaban J connectivity index is 2.26. The molecule has 0 atom stereocenters. The van der Waals surface area contributed by atoms with Gasteiger partial charge in [0.25, 0.3) is 5.69 Å². The molecule has 0 spiro atoms. The van der Waals surface area contributed by atoms with E-state index in [0.29, 0.717) is 12.8 Å². The van der Waals surface area contributed by atoms with E-state index in [1.165, 1.54) is 12.1 Å². The molecule has 1 heterocycles. The molecule has 6 nitrogen and oxygen atoms in total. The summed E-state index contributed by atoms with van der Waals surface area (Å²) >= 11 is 0. The fraction of sp³-hybridized carbons (Fsp3) is 0.545. The van der Waals surface area contributed by atoms with E-state index in [2.05, 4.69) is 4.98 Å². The molecule has 0 saturated heterocycles. The summed E-state index contributed by atoms with van der Waals surface area (Å²) in [5.74, 6) is 0. The molecule has 1 saturated carbocycles. The lowest BCUT2D eigenvalue weighted by atomic mass is 10.0. The Morgan fingerprint density at radius 1 is 1.22 bits per heavy atom. The van der Waals surface area contributed by atoms with Gasteiger partial charge in [-0.1, -0.05) is 19.3 Å². The minimum atomic E-state index is -3.44. The number of nitro groups is 1. The van der Waals surface area contributed by atoms with E-state index >= 15 is 0 Å². The van der Waals surface area contributed by atoms with Gasteiger partial charge in [-0.15, -0.1) is 0 Å². The molecule has 1 fully saturated rings. The van der Waals surface area contributed by atoms with Gasteiger partial charge in [0.15, 0.2) is 14.9 Å². The second kappa shape index (κ2) is 5.01. The molecule has 1 aromatic rings. The van der Waals surface area contributed by atoms with Crippen LogP contribution in [0.2, 0.25) is 0 Å². The molecule has 0 radical (unpaired) electrons. The lowest BCUT2D eigenvalue weighted by molar-refractivity contribution is -0.385. The van der Waals surface area contributed by atoms with Gasteiger partial charge in [-0.25, -0.2) is 13.4 Å². The summed E-state index contributed by atoms with van der Waals surface area (Å²) in [5, 5.41) is 10.0. The summed E-state index contributed by atoms with van der Waals surface area (Å²) in [5.41, 5.74) is -0.197. The smallest absolute Gasteiger partial charge is 0.258 e. The second-order valence-corrected chi connectivity index (χ2v) is 6.59. The third-order valence-electron chi connectivity index (χ3n) is 3.21. The number of hydrogen-bond acceptors (Lipinski definition) is 5. The average Bonchev–Trinajstić information content (AvgIpc) is 2.40. The molecule has 2 rings (SSSR count). The van der Waals surface area contributed by atoms with Crippen molar-refractivity contribution in [3.63, 3.8) is 0 Å². The van der Waals surface area contributed by atoms with Crippen molar-refractivity contribution in [2.75, 3.05) is 0 Å². The summed E-state index contributed by atoms with van der Waals surface area (Å²) in [6.07, 6.45) is 5.20. The lowest BCUT2D eigenvalue weighted by Crippen LogP contribution is -2.24. The molecule has 1 aliphatic carbocycles. The van der Waals surface area contributed by atoms with Gasteiger partial charge in [0, 0.05) is 6.07 Å². The number of aromatic nitrogens is 1. The molecule has 98 valence electrons. The van der Waals surface area contributed by atoms with Crippen LogP contribution in [-0.2, 0) is 9.84 Å². The summed E-state index contributed by atoms with van der Waals surface area (Å²) in [4.78, 5) is 13.6. The highest BCUT2D eigenvalue weighted by molar-refractivity contribution is 7.92. The van der Waals surface area contributed by atoms with Crippen molar-refractivity contribution >= 4 is 15.5 Å². The van der Waals surface area contributed by atoms with Crippen LogP contribution in [0.25, 0.3) is 0 Å². The molecule has 0 aliphatic heterocycles. The molecule has 1 aliphatic rings. The Hall–Kier alpha value is -1.50. The molecular weight excluding hydrogens is 256 g/mol. The highest BCUT2D eigenvalue weighted by atomic mass is 32.2. The Bertz CT molecular complexity index is 533. The molecule has 7 heteroatoms. The third kappa shape index (κ3) is 2.50. The van der Waals surface area contributed by atoms with E-state index in [0.717, 1.165) is 25.5 Å². The Morgan fingerprint density at radius 3 is 2.39 bits per heavy atom. The summed E-state index contributed by atoms with van der Waals surface area (Å²) in [7, 11) is -3.44. The topological polar surface area (TPSA) is 90.2 Å². The fourth-order valence-corrected chi connectivity index (χ4v) is 3.95. The molecule has 1 aromatic heterocycles. The van der Waals surface area contributed by atoms with Gasteiger partial charge in [-0.3, -0.25) is 10.1 Å². The zero-order valence-corrected chi connectivity index (χ0v) is 10.6. The summed E-state index contributed by atoms with van der Waals surface area (Å²) in [6.45, 7) is 0. The van der Waals surface area contributed by atoms with E-state index in [4.69, 9.17) is 0 Å². The van der Waals surface area contributed by atoms with Crippen LogP contribution in [0.5, 0.6) is 0 Å². The summed E-state index contributed by atoms with van der Waals surface area (Å²) in [6, 6.07) is 2.41. The van der Waals surface area contributed by atoms with Crippen molar-refractivity contribution in [1.29, 1.82) is 0 Å². The van der Waals surface area contributed by atoms with Crippen LogP contribution >= 0.6 is 0 Å². The Labute approximate surface area is 105 Å². The average molecular weight is 270 g/mol. The molecular formula is C11H14N2O4S. The zero-order chi connectivity index (χ0) is 13.2. The lowest BCUT2D eigenvalue weighted by Gasteiger charge is -2.21. The Morgan fingerprint density at radius 2 is 1.89 bits per heavy atom. The maximum atomic E-state index is 12.2. The number of nitrogens with zero attached hydrogens (tertiary/aromatic N) is 2. The SMILES string of the molecule is O=[N+]([O-])c1ccc(S(=O)(=O)C2CCCCC2)nc1. The second-order valence-electron chi connectivity index (χ2n) is 4.42. The van der Waals surface area contributed by atoms with E-state index in [1.807, 2.05) is 0 Å². The first-order valence-corrected chi connectivity index (χ1v) is 7.41. The van der Waals surface area contributed by atoms with Crippen LogP contribution in [0.1, 0.15) is 32.1 Å². The van der Waals surface area contributed by atoms with Crippen LogP contribution in [0, 0.1) is 10.1 Å². The van der Waals surface area contributed by atoms with E-state index in [9.17, 15) is 18.5 Å². The number of hydrogen-bond donors (Lipinski definition) is 0. The van der Waals surface area contributed by atoms with Gasteiger partial charge in [0.1, 0.15) is 6.20 Å². The predicted molar refractivity (Wildman–Crippen MR) is 65.0 cm³/mol. The third-order valence-corrected chi connectivity index (χ3v) is 5.39. The molecule has 18 heavy (non-hydrogen) atoms. The van der Waals surface area contributed by atoms with Crippen molar-refractivity contribution in [2.24, 2.45) is 0 Å². The molecule has 0 bridgehead atoms. The molecule has 0 amide bonds. The first-order chi connectivity index (χ1) is 8.51. The van der Waals surface area contributed by atoms with Gasteiger partial charge < -0.3 is 0 Å². The maximum Gasteiger partial charge on any atom is 0.287 e. The minimum absolute atomic E-state index is 0.0556. The first kappa shape index (κ1) is 12.9. The minimum Gasteiger partial charge on any atom is -0.258 e. The molecule has 0 N–H and O–H groups in total. The largest absolute Gasteiger partial charge is 0.287 e. The molecule has 0 unspecified atom stereocenters. The van der Waals surface area contributed by atoms with Gasteiger partial charge in [0.05, 0.1) is 10.2 Å². The van der Waals surface area contributed by atoms with E-state index in [-0.39, 0.29) is 16.0 Å². The fourth-order valence-electron chi connectivity index (χ4n) is 2.19.